The van der Waals surface area contributed by atoms with Crippen LogP contribution in [0.2, 0.25) is 0 Å². The molecule has 0 unspecified atom stereocenters. The molecule has 9 heteroatoms. The molecule has 1 N–H and O–H groups in total. The lowest BCUT2D eigenvalue weighted by molar-refractivity contribution is -0.135. The number of hydrogen-bond donors (Lipinski definition) is 1. The second-order valence-corrected chi connectivity index (χ2v) is 7.85. The maximum atomic E-state index is 13.6. The number of nitrogens with zero attached hydrogens (tertiary/aromatic N) is 3. The van der Waals surface area contributed by atoms with E-state index in [2.05, 4.69) is 10.2 Å². The van der Waals surface area contributed by atoms with Gasteiger partial charge in [0.15, 0.2) is 0 Å². The monoisotopic (exact) mass is 402 g/mol. The van der Waals surface area contributed by atoms with Crippen LogP contribution < -0.4 is 5.32 Å². The summed E-state index contributed by atoms with van der Waals surface area (Å²) in [5.74, 6) is -5.08. The molecule has 0 aliphatic carbocycles. The average molecular weight is 402 g/mol. The van der Waals surface area contributed by atoms with Crippen molar-refractivity contribution in [2.45, 2.75) is 50.5 Å². The van der Waals surface area contributed by atoms with Crippen LogP contribution in [0, 0.1) is 12.5 Å². The maximum Gasteiger partial charge on any atom is 0.306 e. The molecule has 3 heterocycles. The summed E-state index contributed by atoms with van der Waals surface area (Å²) >= 11 is 0. The first kappa shape index (κ1) is 19.3. The highest BCUT2D eigenvalue weighted by atomic mass is 19.3. The predicted octanol–water partition coefficient (Wildman–Crippen LogP) is 1.54. The molecule has 7 nitrogen and oxygen atoms in total. The van der Waals surface area contributed by atoms with Gasteiger partial charge in [0, 0.05) is 25.4 Å². The van der Waals surface area contributed by atoms with Crippen molar-refractivity contribution in [2.24, 2.45) is 5.92 Å². The van der Waals surface area contributed by atoms with Gasteiger partial charge in [0.2, 0.25) is 11.8 Å². The fourth-order valence-electron chi connectivity index (χ4n) is 4.26. The Balaban J connectivity index is 1.37. The van der Waals surface area contributed by atoms with Gasteiger partial charge in [0.25, 0.3) is 11.8 Å². The lowest BCUT2D eigenvalue weighted by Crippen LogP contribution is -2.46. The van der Waals surface area contributed by atoms with E-state index in [1.807, 2.05) is 24.3 Å². The van der Waals surface area contributed by atoms with Crippen LogP contribution in [-0.4, -0.2) is 52.2 Å². The molecule has 0 bridgehead atoms. The van der Waals surface area contributed by atoms with Gasteiger partial charge < -0.3 is 10.2 Å². The third kappa shape index (κ3) is 3.67. The zero-order chi connectivity index (χ0) is 20.8. The second kappa shape index (κ2) is 7.10. The molecule has 1 aromatic carbocycles. The van der Waals surface area contributed by atoms with Gasteiger partial charge >= 0.3 is 6.17 Å². The number of fused-ring (bicyclic) bond motifs is 1. The van der Waals surface area contributed by atoms with Gasteiger partial charge in [-0.2, -0.15) is 0 Å². The van der Waals surface area contributed by atoms with Crippen molar-refractivity contribution in [1.29, 1.82) is 0 Å². The van der Waals surface area contributed by atoms with E-state index in [1.165, 1.54) is 0 Å². The zero-order valence-corrected chi connectivity index (χ0v) is 15.6. The summed E-state index contributed by atoms with van der Waals surface area (Å²) in [7, 11) is 0. The fraction of sp³-hybridized carbons (Fsp3) is 0.500. The number of hydrogen-bond acceptors (Lipinski definition) is 3. The second-order valence-electron chi connectivity index (χ2n) is 7.85. The predicted molar refractivity (Wildman–Crippen MR) is 97.0 cm³/mol. The van der Waals surface area contributed by atoms with Gasteiger partial charge in [0.1, 0.15) is 12.5 Å². The first-order valence-electron chi connectivity index (χ1n) is 9.47. The quantitative estimate of drug-likeness (QED) is 0.780. The van der Waals surface area contributed by atoms with E-state index in [1.54, 1.807) is 4.90 Å². The molecule has 0 saturated carbocycles. The Bertz CT molecular complexity index is 888. The van der Waals surface area contributed by atoms with Crippen molar-refractivity contribution in [3.63, 3.8) is 0 Å². The number of rotatable bonds is 3. The summed E-state index contributed by atoms with van der Waals surface area (Å²) in [6.07, 6.45) is -1.89. The van der Waals surface area contributed by atoms with Crippen molar-refractivity contribution in [3.05, 3.63) is 46.8 Å². The lowest BCUT2D eigenvalue weighted by atomic mass is 10.00. The topological polar surface area (TPSA) is 74.1 Å². The third-order valence-corrected chi connectivity index (χ3v) is 5.79. The van der Waals surface area contributed by atoms with Crippen molar-refractivity contribution in [2.75, 3.05) is 6.54 Å². The number of amides is 3. The molecule has 4 rings (SSSR count). The number of halogens is 2. The summed E-state index contributed by atoms with van der Waals surface area (Å²) in [6.45, 7) is 7.21. The molecule has 3 aliphatic heterocycles. The van der Waals surface area contributed by atoms with E-state index >= 15 is 0 Å². The smallest absolute Gasteiger partial charge is 0.306 e. The first-order valence-corrected chi connectivity index (χ1v) is 9.47. The summed E-state index contributed by atoms with van der Waals surface area (Å²) < 4.78 is 27.2. The summed E-state index contributed by atoms with van der Waals surface area (Å²) in [5.41, 5.74) is 2.15. The molecule has 2 fully saturated rings. The Morgan fingerprint density at radius 2 is 1.90 bits per heavy atom. The fourth-order valence-corrected chi connectivity index (χ4v) is 4.26. The van der Waals surface area contributed by atoms with E-state index in [-0.39, 0.29) is 18.7 Å². The van der Waals surface area contributed by atoms with Gasteiger partial charge in [-0.3, -0.25) is 24.1 Å². The number of likely N-dealkylation sites (tertiary alicyclic amines) is 1. The van der Waals surface area contributed by atoms with Crippen molar-refractivity contribution in [3.8, 4) is 0 Å². The van der Waals surface area contributed by atoms with Gasteiger partial charge in [-0.15, -0.1) is 0 Å². The highest BCUT2D eigenvalue weighted by molar-refractivity contribution is 5.94. The SMILES string of the molecule is [C-]#[N+][C@@H]1CC(F)(F)CN1C(=O)[C@@H]1C[C@@H](CC(=O)N2Cc3ccccc3C2)C(=O)N1. The molecule has 152 valence electrons. The Morgan fingerprint density at radius 1 is 1.24 bits per heavy atom. The number of carbonyl (C=O) groups excluding carboxylic acids is 3. The van der Waals surface area contributed by atoms with Crippen LogP contribution in [0.15, 0.2) is 24.3 Å². The first-order chi connectivity index (χ1) is 13.8. The minimum Gasteiger partial charge on any atom is -0.344 e. The molecule has 3 amide bonds. The maximum absolute atomic E-state index is 13.6. The molecular weight excluding hydrogens is 382 g/mol. The molecule has 0 aromatic heterocycles. The molecule has 3 aliphatic rings. The van der Waals surface area contributed by atoms with Crippen LogP contribution in [0.4, 0.5) is 8.78 Å². The van der Waals surface area contributed by atoms with Crippen LogP contribution in [0.5, 0.6) is 0 Å². The third-order valence-electron chi connectivity index (χ3n) is 5.79. The normalized spacial score (nSPS) is 27.5. The Kier molecular flexibility index (Phi) is 4.73. The number of nitrogens with one attached hydrogen (secondary N) is 1. The molecule has 1 aromatic rings. The van der Waals surface area contributed by atoms with E-state index in [0.717, 1.165) is 16.0 Å². The zero-order valence-electron chi connectivity index (χ0n) is 15.6. The summed E-state index contributed by atoms with van der Waals surface area (Å²) in [5, 5.41) is 2.52. The summed E-state index contributed by atoms with van der Waals surface area (Å²) in [6, 6.07) is 6.75. The molecule has 2 saturated heterocycles. The summed E-state index contributed by atoms with van der Waals surface area (Å²) in [4.78, 5) is 43.2. The van der Waals surface area contributed by atoms with E-state index in [4.69, 9.17) is 6.57 Å². The van der Waals surface area contributed by atoms with Crippen LogP contribution in [0.3, 0.4) is 0 Å². The van der Waals surface area contributed by atoms with Gasteiger partial charge in [-0.1, -0.05) is 24.3 Å². The Labute approximate surface area is 166 Å². The van der Waals surface area contributed by atoms with Crippen LogP contribution in [-0.2, 0) is 27.5 Å². The van der Waals surface area contributed by atoms with Crippen LogP contribution in [0.25, 0.3) is 4.85 Å². The Morgan fingerprint density at radius 3 is 2.52 bits per heavy atom. The highest BCUT2D eigenvalue weighted by Crippen LogP contribution is 2.34. The van der Waals surface area contributed by atoms with E-state index in [0.29, 0.717) is 13.1 Å². The molecule has 0 radical (unpaired) electrons. The van der Waals surface area contributed by atoms with Crippen molar-refractivity contribution >= 4 is 17.7 Å². The van der Waals surface area contributed by atoms with Gasteiger partial charge in [-0.25, -0.2) is 15.4 Å². The minimum atomic E-state index is -3.10. The Hall–Kier alpha value is -3.02. The highest BCUT2D eigenvalue weighted by Gasteiger charge is 2.53. The van der Waals surface area contributed by atoms with E-state index in [9.17, 15) is 23.2 Å². The molecule has 0 spiro atoms. The standard InChI is InChI=1S/C20H20F2N4O3/c1-23-16-8-20(21,22)11-26(16)19(29)15-6-14(18(28)24-15)7-17(27)25-9-12-4-2-3-5-13(12)10-25/h2-5,14-16H,6-11H2,(H,24,28)/t14-,15-,16-/m0/s1. The molecular formula is C20H20F2N4O3. The number of carbonyl (C=O) groups is 3. The largest absolute Gasteiger partial charge is 0.344 e. The van der Waals surface area contributed by atoms with Crippen LogP contribution in [0.1, 0.15) is 30.4 Å². The number of benzene rings is 1. The molecule has 3 atom stereocenters. The average Bonchev–Trinajstić information content (AvgIpc) is 3.36. The molecule has 29 heavy (non-hydrogen) atoms. The van der Waals surface area contributed by atoms with E-state index < -0.39 is 48.8 Å². The van der Waals surface area contributed by atoms with Crippen molar-refractivity contribution in [1.82, 2.24) is 15.1 Å². The lowest BCUT2D eigenvalue weighted by Gasteiger charge is -2.20. The van der Waals surface area contributed by atoms with Crippen LogP contribution >= 0.6 is 0 Å². The van der Waals surface area contributed by atoms with Gasteiger partial charge in [0.05, 0.1) is 6.54 Å². The van der Waals surface area contributed by atoms with Crippen molar-refractivity contribution < 1.29 is 23.2 Å². The minimum absolute atomic E-state index is 0.0357. The van der Waals surface area contributed by atoms with Gasteiger partial charge in [-0.05, 0) is 17.5 Å². The number of alkyl halides is 2.